The smallest absolute Gasteiger partial charge is 0.264 e. The summed E-state index contributed by atoms with van der Waals surface area (Å²) in [6.45, 7) is 5.30. The van der Waals surface area contributed by atoms with Crippen LogP contribution in [0.3, 0.4) is 0 Å². The number of hydrogen-bond acceptors (Lipinski definition) is 7. The number of carbonyl (C=O) groups excluding carboxylic acids is 2. The van der Waals surface area contributed by atoms with Gasteiger partial charge in [0, 0.05) is 25.1 Å². The van der Waals surface area contributed by atoms with Crippen molar-refractivity contribution >= 4 is 27.5 Å². The summed E-state index contributed by atoms with van der Waals surface area (Å²) in [5.41, 5.74) is 1.56. The zero-order chi connectivity index (χ0) is 36.3. The van der Waals surface area contributed by atoms with Crippen molar-refractivity contribution in [3.63, 3.8) is 0 Å². The molecule has 1 N–H and O–H groups in total. The van der Waals surface area contributed by atoms with Crippen LogP contribution in [-0.4, -0.2) is 64.6 Å². The van der Waals surface area contributed by atoms with Crippen molar-refractivity contribution in [3.8, 4) is 17.2 Å². The fraction of sp³-hybridized carbons (Fsp3) is 0.316. The van der Waals surface area contributed by atoms with Gasteiger partial charge in [0.2, 0.25) is 11.8 Å². The molecule has 0 radical (unpaired) electrons. The van der Waals surface area contributed by atoms with E-state index in [1.54, 1.807) is 24.3 Å². The first-order valence-electron chi connectivity index (χ1n) is 16.4. The number of sulfonamides is 1. The van der Waals surface area contributed by atoms with Crippen LogP contribution in [0.5, 0.6) is 17.2 Å². The lowest BCUT2D eigenvalue weighted by Crippen LogP contribution is -2.54. The van der Waals surface area contributed by atoms with Gasteiger partial charge in [-0.05, 0) is 79.9 Å². The molecule has 0 spiro atoms. The van der Waals surface area contributed by atoms with Gasteiger partial charge in [-0.15, -0.1) is 0 Å². The van der Waals surface area contributed by atoms with Gasteiger partial charge in [-0.3, -0.25) is 13.9 Å². The molecule has 0 aliphatic carbocycles. The number of halogens is 1. The molecule has 4 aromatic carbocycles. The second kappa shape index (κ2) is 17.5. The minimum absolute atomic E-state index is 0.0853. The molecule has 0 saturated carbocycles. The quantitative estimate of drug-likeness (QED) is 0.144. The van der Waals surface area contributed by atoms with E-state index in [0.717, 1.165) is 9.87 Å². The number of hydrogen-bond donors (Lipinski definition) is 1. The van der Waals surface area contributed by atoms with Crippen molar-refractivity contribution in [2.75, 3.05) is 31.7 Å². The summed E-state index contributed by atoms with van der Waals surface area (Å²) in [7, 11) is -1.58. The van der Waals surface area contributed by atoms with Gasteiger partial charge in [-0.25, -0.2) is 12.8 Å². The largest absolute Gasteiger partial charge is 0.494 e. The van der Waals surface area contributed by atoms with Crippen LogP contribution in [0.1, 0.15) is 38.3 Å². The van der Waals surface area contributed by atoms with Gasteiger partial charge in [0.15, 0.2) is 11.5 Å². The Morgan fingerprint density at radius 1 is 0.840 bits per heavy atom. The highest BCUT2D eigenvalue weighted by Gasteiger charge is 2.35. The van der Waals surface area contributed by atoms with E-state index < -0.39 is 40.2 Å². The predicted octanol–water partition coefficient (Wildman–Crippen LogP) is 5.99. The lowest BCUT2D eigenvalue weighted by atomic mass is 10.0. The Balaban J connectivity index is 1.83. The summed E-state index contributed by atoms with van der Waals surface area (Å²) >= 11 is 0. The summed E-state index contributed by atoms with van der Waals surface area (Å²) in [6.07, 6.45) is 0.812. The Morgan fingerprint density at radius 2 is 1.50 bits per heavy atom. The number of amides is 2. The molecule has 0 aromatic heterocycles. The second-order valence-corrected chi connectivity index (χ2v) is 13.5. The fourth-order valence-electron chi connectivity index (χ4n) is 5.29. The number of ether oxygens (including phenoxy) is 3. The lowest BCUT2D eigenvalue weighted by Gasteiger charge is -2.34. The molecule has 0 saturated heterocycles. The molecule has 0 aliphatic rings. The van der Waals surface area contributed by atoms with Crippen molar-refractivity contribution < 1.29 is 36.6 Å². The minimum Gasteiger partial charge on any atom is -0.494 e. The summed E-state index contributed by atoms with van der Waals surface area (Å²) in [5, 5.41) is 3.00. The molecular weight excluding hydrogens is 661 g/mol. The number of methoxy groups -OCH3 is 2. The first-order chi connectivity index (χ1) is 24.0. The van der Waals surface area contributed by atoms with Gasteiger partial charge in [-0.1, -0.05) is 49.4 Å². The van der Waals surface area contributed by atoms with E-state index >= 15 is 0 Å². The Bertz CT molecular complexity index is 1820. The van der Waals surface area contributed by atoms with Gasteiger partial charge >= 0.3 is 0 Å². The van der Waals surface area contributed by atoms with E-state index in [-0.39, 0.29) is 35.3 Å². The van der Waals surface area contributed by atoms with E-state index in [4.69, 9.17) is 14.2 Å². The number of rotatable bonds is 17. The molecule has 4 aromatic rings. The van der Waals surface area contributed by atoms with Gasteiger partial charge in [-0.2, -0.15) is 0 Å². The third-order valence-electron chi connectivity index (χ3n) is 8.20. The van der Waals surface area contributed by atoms with E-state index in [9.17, 15) is 22.4 Å². The van der Waals surface area contributed by atoms with Crippen molar-refractivity contribution in [3.05, 3.63) is 114 Å². The first-order valence-corrected chi connectivity index (χ1v) is 17.8. The monoisotopic (exact) mass is 705 g/mol. The molecule has 0 bridgehead atoms. The molecule has 0 fully saturated rings. The number of benzene rings is 4. The number of carbonyl (C=O) groups is 2. The number of nitrogens with one attached hydrogen (secondary N) is 1. The third kappa shape index (κ3) is 9.53. The molecule has 4 rings (SSSR count). The van der Waals surface area contributed by atoms with Crippen molar-refractivity contribution in [2.24, 2.45) is 0 Å². The molecule has 12 heteroatoms. The van der Waals surface area contributed by atoms with Crippen LogP contribution in [0.25, 0.3) is 0 Å². The average Bonchev–Trinajstić information content (AvgIpc) is 3.13. The highest BCUT2D eigenvalue weighted by molar-refractivity contribution is 7.92. The molecular formula is C38H44FN3O7S. The number of nitrogens with zero attached hydrogens (tertiary/aromatic N) is 2. The highest BCUT2D eigenvalue weighted by Crippen LogP contribution is 2.33. The second-order valence-electron chi connectivity index (χ2n) is 11.6. The summed E-state index contributed by atoms with van der Waals surface area (Å²) in [5.74, 6) is -0.453. The maximum Gasteiger partial charge on any atom is 0.264 e. The normalized spacial score (nSPS) is 12.4. The van der Waals surface area contributed by atoms with Gasteiger partial charge in [0.1, 0.15) is 24.2 Å². The molecule has 2 unspecified atom stereocenters. The maximum absolute atomic E-state index is 14.7. The molecule has 266 valence electrons. The van der Waals surface area contributed by atoms with E-state index in [0.29, 0.717) is 30.1 Å². The van der Waals surface area contributed by atoms with Crippen LogP contribution in [0.15, 0.2) is 102 Å². The zero-order valence-electron chi connectivity index (χ0n) is 29.0. The van der Waals surface area contributed by atoms with Crippen LogP contribution in [-0.2, 0) is 32.6 Å². The molecule has 0 aliphatic heterocycles. The minimum atomic E-state index is -4.41. The van der Waals surface area contributed by atoms with Crippen molar-refractivity contribution in [2.45, 2.75) is 57.1 Å². The maximum atomic E-state index is 14.7. The van der Waals surface area contributed by atoms with E-state index in [2.05, 4.69) is 5.32 Å². The van der Waals surface area contributed by atoms with E-state index in [1.165, 1.54) is 61.6 Å². The Morgan fingerprint density at radius 3 is 2.10 bits per heavy atom. The van der Waals surface area contributed by atoms with Gasteiger partial charge < -0.3 is 24.4 Å². The summed E-state index contributed by atoms with van der Waals surface area (Å²) in [4.78, 5) is 29.9. The van der Waals surface area contributed by atoms with Crippen LogP contribution in [0.4, 0.5) is 10.1 Å². The van der Waals surface area contributed by atoms with Crippen LogP contribution < -0.4 is 23.8 Å². The van der Waals surface area contributed by atoms with E-state index in [1.807, 2.05) is 51.1 Å². The van der Waals surface area contributed by atoms with Gasteiger partial charge in [0.05, 0.1) is 31.4 Å². The van der Waals surface area contributed by atoms with Crippen molar-refractivity contribution in [1.29, 1.82) is 0 Å². The van der Waals surface area contributed by atoms with Gasteiger partial charge in [0.25, 0.3) is 10.0 Å². The molecule has 10 nitrogen and oxygen atoms in total. The summed E-state index contributed by atoms with van der Waals surface area (Å²) in [6, 6.07) is 24.2. The number of anilines is 1. The third-order valence-corrected chi connectivity index (χ3v) is 9.97. The van der Waals surface area contributed by atoms with Crippen molar-refractivity contribution in [1.82, 2.24) is 10.2 Å². The standard InChI is InChI=1S/C38H44FN3O7S/c1-6-27(3)40-38(44)34(23-28-11-9-8-10-12-28)41(25-29-13-15-30(39)16-14-29)37(43)26-42(31-17-19-32(20-18-31)49-7-2)50(45,46)33-21-22-35(47-4)36(24-33)48-5/h8-22,24,27,34H,6-7,23,25-26H2,1-5H3,(H,40,44). The Labute approximate surface area is 293 Å². The highest BCUT2D eigenvalue weighted by atomic mass is 32.2. The first kappa shape index (κ1) is 37.7. The zero-order valence-corrected chi connectivity index (χ0v) is 29.8. The lowest BCUT2D eigenvalue weighted by molar-refractivity contribution is -0.140. The SMILES string of the molecule is CCOc1ccc(N(CC(=O)N(Cc2ccc(F)cc2)C(Cc2ccccc2)C(=O)NC(C)CC)S(=O)(=O)c2ccc(OC)c(OC)c2)cc1. The predicted molar refractivity (Wildman–Crippen MR) is 190 cm³/mol. The molecule has 0 heterocycles. The van der Waals surface area contributed by atoms with Crippen LogP contribution in [0, 0.1) is 5.82 Å². The summed E-state index contributed by atoms with van der Waals surface area (Å²) < 4.78 is 60.1. The van der Waals surface area contributed by atoms with Crippen LogP contribution in [0.2, 0.25) is 0 Å². The Kier molecular flexibility index (Phi) is 13.2. The average molecular weight is 706 g/mol. The molecule has 2 amide bonds. The Hall–Kier alpha value is -5.10. The molecule has 2 atom stereocenters. The van der Waals surface area contributed by atoms with Crippen LogP contribution >= 0.6 is 0 Å². The fourth-order valence-corrected chi connectivity index (χ4v) is 6.72. The topological polar surface area (TPSA) is 114 Å². The molecule has 50 heavy (non-hydrogen) atoms.